The van der Waals surface area contributed by atoms with Crippen molar-refractivity contribution in [2.45, 2.75) is 52.4 Å². The Bertz CT molecular complexity index is 946. The standard InChI is InChI=1S/C23H28N4O2.ClH/c1-3-28-21-14-19(11-12-20(21)29-16-18-8-5-4-6-9-18)15-24-17(2)23-26-25-22-10-7-13-27(22)23;/h4-6,8-9,11-12,14,17,24H,3,7,10,13,15-16H2,1-2H3;1H. The molecule has 0 bridgehead atoms. The number of aromatic nitrogens is 3. The first kappa shape index (κ1) is 22.1. The second kappa shape index (κ2) is 10.5. The van der Waals surface area contributed by atoms with Crippen molar-refractivity contribution in [2.24, 2.45) is 0 Å². The lowest BCUT2D eigenvalue weighted by atomic mass is 10.2. The van der Waals surface area contributed by atoms with Crippen molar-refractivity contribution in [1.29, 1.82) is 0 Å². The number of hydrogen-bond donors (Lipinski definition) is 1. The molecule has 3 aromatic rings. The second-order valence-electron chi connectivity index (χ2n) is 7.32. The summed E-state index contributed by atoms with van der Waals surface area (Å²) < 4.78 is 14.1. The summed E-state index contributed by atoms with van der Waals surface area (Å²) in [7, 11) is 0. The molecule has 2 heterocycles. The van der Waals surface area contributed by atoms with Crippen molar-refractivity contribution in [3.63, 3.8) is 0 Å². The van der Waals surface area contributed by atoms with E-state index in [1.54, 1.807) is 0 Å². The molecule has 1 aromatic heterocycles. The lowest BCUT2D eigenvalue weighted by Crippen LogP contribution is -2.21. The minimum absolute atomic E-state index is 0. The molecule has 0 amide bonds. The van der Waals surface area contributed by atoms with Crippen LogP contribution < -0.4 is 14.8 Å². The molecule has 1 N–H and O–H groups in total. The fraction of sp³-hybridized carbons (Fsp3) is 0.391. The maximum absolute atomic E-state index is 6.00. The highest BCUT2D eigenvalue weighted by atomic mass is 35.5. The van der Waals surface area contributed by atoms with Gasteiger partial charge in [-0.15, -0.1) is 22.6 Å². The van der Waals surface area contributed by atoms with E-state index in [1.165, 1.54) is 0 Å². The van der Waals surface area contributed by atoms with Crippen LogP contribution in [0.2, 0.25) is 0 Å². The molecular formula is C23H29ClN4O2. The van der Waals surface area contributed by atoms with Gasteiger partial charge < -0.3 is 19.4 Å². The molecule has 0 spiro atoms. The third kappa shape index (κ3) is 5.12. The van der Waals surface area contributed by atoms with Gasteiger partial charge in [0.05, 0.1) is 12.6 Å². The Hall–Kier alpha value is -2.57. The first-order valence-corrected chi connectivity index (χ1v) is 10.3. The van der Waals surface area contributed by atoms with Crippen LogP contribution in [-0.2, 0) is 26.1 Å². The summed E-state index contributed by atoms with van der Waals surface area (Å²) in [6.07, 6.45) is 2.19. The SMILES string of the molecule is CCOc1cc(CNC(C)c2nnc3n2CCC3)ccc1OCc1ccccc1.Cl. The number of benzene rings is 2. The van der Waals surface area contributed by atoms with E-state index in [0.717, 1.165) is 60.2 Å². The summed E-state index contributed by atoms with van der Waals surface area (Å²) in [5.74, 6) is 3.67. The molecule has 1 aliphatic heterocycles. The van der Waals surface area contributed by atoms with Gasteiger partial charge in [-0.1, -0.05) is 36.4 Å². The maximum Gasteiger partial charge on any atom is 0.161 e. The number of fused-ring (bicyclic) bond motifs is 1. The van der Waals surface area contributed by atoms with Crippen molar-refractivity contribution < 1.29 is 9.47 Å². The van der Waals surface area contributed by atoms with E-state index in [-0.39, 0.29) is 18.4 Å². The Morgan fingerprint density at radius 1 is 1.03 bits per heavy atom. The molecule has 4 rings (SSSR count). The minimum Gasteiger partial charge on any atom is -0.490 e. The summed E-state index contributed by atoms with van der Waals surface area (Å²) >= 11 is 0. The predicted molar refractivity (Wildman–Crippen MR) is 119 cm³/mol. The molecule has 160 valence electrons. The van der Waals surface area contributed by atoms with Crippen LogP contribution in [0, 0.1) is 0 Å². The van der Waals surface area contributed by atoms with Crippen LogP contribution in [0.4, 0.5) is 0 Å². The molecule has 1 unspecified atom stereocenters. The van der Waals surface area contributed by atoms with Gasteiger partial charge in [-0.05, 0) is 43.5 Å². The Morgan fingerprint density at radius 3 is 2.67 bits per heavy atom. The van der Waals surface area contributed by atoms with Gasteiger partial charge >= 0.3 is 0 Å². The van der Waals surface area contributed by atoms with Gasteiger partial charge in [0.1, 0.15) is 18.3 Å². The maximum atomic E-state index is 6.00. The number of nitrogens with one attached hydrogen (secondary N) is 1. The lowest BCUT2D eigenvalue weighted by molar-refractivity contribution is 0.269. The van der Waals surface area contributed by atoms with Gasteiger partial charge in [-0.2, -0.15) is 0 Å². The summed E-state index contributed by atoms with van der Waals surface area (Å²) in [4.78, 5) is 0. The number of rotatable bonds is 9. The average molecular weight is 429 g/mol. The van der Waals surface area contributed by atoms with E-state index in [0.29, 0.717) is 13.2 Å². The third-order valence-electron chi connectivity index (χ3n) is 5.18. The molecule has 1 aliphatic rings. The van der Waals surface area contributed by atoms with Crippen LogP contribution in [0.25, 0.3) is 0 Å². The van der Waals surface area contributed by atoms with Crippen molar-refractivity contribution in [3.8, 4) is 11.5 Å². The van der Waals surface area contributed by atoms with Crippen LogP contribution in [0.5, 0.6) is 11.5 Å². The highest BCUT2D eigenvalue weighted by molar-refractivity contribution is 5.85. The summed E-state index contributed by atoms with van der Waals surface area (Å²) in [6, 6.07) is 16.4. The van der Waals surface area contributed by atoms with Crippen LogP contribution >= 0.6 is 12.4 Å². The molecule has 6 nitrogen and oxygen atoms in total. The number of nitrogens with zero attached hydrogens (tertiary/aromatic N) is 3. The quantitative estimate of drug-likeness (QED) is 0.544. The smallest absolute Gasteiger partial charge is 0.161 e. The Kier molecular flexibility index (Phi) is 7.71. The summed E-state index contributed by atoms with van der Waals surface area (Å²) in [6.45, 7) is 6.98. The fourth-order valence-corrected chi connectivity index (χ4v) is 3.64. The van der Waals surface area contributed by atoms with E-state index >= 15 is 0 Å². The average Bonchev–Trinajstić information content (AvgIpc) is 3.36. The van der Waals surface area contributed by atoms with Gasteiger partial charge in [-0.3, -0.25) is 0 Å². The first-order chi connectivity index (χ1) is 14.2. The molecule has 7 heteroatoms. The molecule has 30 heavy (non-hydrogen) atoms. The molecule has 0 fully saturated rings. The van der Waals surface area contributed by atoms with Crippen LogP contribution in [0.1, 0.15) is 49.1 Å². The van der Waals surface area contributed by atoms with Gasteiger partial charge in [0, 0.05) is 19.5 Å². The van der Waals surface area contributed by atoms with Gasteiger partial charge in [0.2, 0.25) is 0 Å². The molecule has 0 radical (unpaired) electrons. The van der Waals surface area contributed by atoms with Crippen molar-refractivity contribution in [3.05, 3.63) is 71.3 Å². The zero-order valence-corrected chi connectivity index (χ0v) is 18.3. The Labute approximate surface area is 184 Å². The van der Waals surface area contributed by atoms with Crippen LogP contribution in [0.3, 0.4) is 0 Å². The zero-order chi connectivity index (χ0) is 20.1. The largest absolute Gasteiger partial charge is 0.490 e. The molecule has 2 aromatic carbocycles. The first-order valence-electron chi connectivity index (χ1n) is 10.3. The van der Waals surface area contributed by atoms with E-state index in [4.69, 9.17) is 9.47 Å². The van der Waals surface area contributed by atoms with Crippen LogP contribution in [0.15, 0.2) is 48.5 Å². The van der Waals surface area contributed by atoms with Crippen molar-refractivity contribution >= 4 is 12.4 Å². The third-order valence-corrected chi connectivity index (χ3v) is 5.18. The van der Waals surface area contributed by atoms with E-state index in [2.05, 4.69) is 51.3 Å². The molecule has 0 saturated carbocycles. The Balaban J connectivity index is 0.00000256. The monoisotopic (exact) mass is 428 g/mol. The highest BCUT2D eigenvalue weighted by Gasteiger charge is 2.21. The molecule has 0 saturated heterocycles. The number of ether oxygens (including phenoxy) is 2. The van der Waals surface area contributed by atoms with E-state index in [1.807, 2.05) is 31.2 Å². The predicted octanol–water partition coefficient (Wildman–Crippen LogP) is 4.47. The lowest BCUT2D eigenvalue weighted by Gasteiger charge is -2.16. The Morgan fingerprint density at radius 2 is 1.87 bits per heavy atom. The van der Waals surface area contributed by atoms with Gasteiger partial charge in [0.15, 0.2) is 11.5 Å². The molecule has 0 aliphatic carbocycles. The van der Waals surface area contributed by atoms with E-state index in [9.17, 15) is 0 Å². The highest BCUT2D eigenvalue weighted by Crippen LogP contribution is 2.29. The molecular weight excluding hydrogens is 400 g/mol. The van der Waals surface area contributed by atoms with Gasteiger partial charge in [-0.25, -0.2) is 0 Å². The second-order valence-corrected chi connectivity index (χ2v) is 7.32. The van der Waals surface area contributed by atoms with E-state index < -0.39 is 0 Å². The summed E-state index contributed by atoms with van der Waals surface area (Å²) in [5, 5.41) is 12.2. The number of hydrogen-bond acceptors (Lipinski definition) is 5. The van der Waals surface area contributed by atoms with Crippen molar-refractivity contribution in [1.82, 2.24) is 20.1 Å². The normalized spacial score (nSPS) is 13.4. The van der Waals surface area contributed by atoms with Crippen molar-refractivity contribution in [2.75, 3.05) is 6.61 Å². The number of halogens is 1. The fourth-order valence-electron chi connectivity index (χ4n) is 3.64. The van der Waals surface area contributed by atoms with Crippen LogP contribution in [-0.4, -0.2) is 21.4 Å². The minimum atomic E-state index is 0. The van der Waals surface area contributed by atoms with Gasteiger partial charge in [0.25, 0.3) is 0 Å². The molecule has 1 atom stereocenters. The number of aryl methyl sites for hydroxylation is 1. The zero-order valence-electron chi connectivity index (χ0n) is 17.5. The topological polar surface area (TPSA) is 61.2 Å². The summed E-state index contributed by atoms with van der Waals surface area (Å²) in [5.41, 5.74) is 2.28.